The van der Waals surface area contributed by atoms with Crippen molar-refractivity contribution in [1.29, 1.82) is 0 Å². The van der Waals surface area contributed by atoms with Gasteiger partial charge >= 0.3 is 6.18 Å². The highest BCUT2D eigenvalue weighted by atomic mass is 32.2. The molecule has 3 rings (SSSR count). The van der Waals surface area contributed by atoms with Crippen LogP contribution >= 0.6 is 0 Å². The van der Waals surface area contributed by atoms with E-state index < -0.39 is 39.4 Å². The zero-order chi connectivity index (χ0) is 23.8. The van der Waals surface area contributed by atoms with Crippen LogP contribution in [0.25, 0.3) is 0 Å². The van der Waals surface area contributed by atoms with Crippen LogP contribution in [0.15, 0.2) is 35.2 Å². The van der Waals surface area contributed by atoms with Crippen molar-refractivity contribution in [3.8, 4) is 0 Å². The number of hydrogen-bond donors (Lipinski definition) is 1. The van der Waals surface area contributed by atoms with Crippen LogP contribution < -0.4 is 5.32 Å². The van der Waals surface area contributed by atoms with Crippen LogP contribution in [-0.2, 0) is 21.0 Å². The molecular formula is C22H24F4N2O3S. The van der Waals surface area contributed by atoms with Gasteiger partial charge in [0, 0.05) is 18.8 Å². The van der Waals surface area contributed by atoms with Gasteiger partial charge in [-0.15, -0.1) is 0 Å². The average Bonchev–Trinajstić information content (AvgIpc) is 2.67. The summed E-state index contributed by atoms with van der Waals surface area (Å²) in [7, 11) is -3.86. The van der Waals surface area contributed by atoms with Gasteiger partial charge < -0.3 is 5.32 Å². The minimum Gasteiger partial charge on any atom is -0.326 e. The highest BCUT2D eigenvalue weighted by Crippen LogP contribution is 2.34. The number of piperidine rings is 1. The maximum absolute atomic E-state index is 13.5. The smallest absolute Gasteiger partial charge is 0.326 e. The average molecular weight is 473 g/mol. The second-order valence-corrected chi connectivity index (χ2v) is 9.99. The molecule has 32 heavy (non-hydrogen) atoms. The van der Waals surface area contributed by atoms with Crippen molar-refractivity contribution in [3.63, 3.8) is 0 Å². The first-order chi connectivity index (χ1) is 14.8. The highest BCUT2D eigenvalue weighted by molar-refractivity contribution is 7.89. The minimum atomic E-state index is -4.90. The summed E-state index contributed by atoms with van der Waals surface area (Å²) in [4.78, 5) is 12.9. The lowest BCUT2D eigenvalue weighted by molar-refractivity contribution is -0.140. The fourth-order valence-corrected chi connectivity index (χ4v) is 6.08. The summed E-state index contributed by atoms with van der Waals surface area (Å²) in [5.74, 6) is -2.79. The molecule has 0 spiro atoms. The third kappa shape index (κ3) is 4.96. The summed E-state index contributed by atoms with van der Waals surface area (Å²) in [6.07, 6.45) is -4.08. The molecule has 1 aliphatic rings. The Morgan fingerprint density at radius 3 is 2.31 bits per heavy atom. The molecule has 1 amide bonds. The van der Waals surface area contributed by atoms with E-state index in [4.69, 9.17) is 0 Å². The van der Waals surface area contributed by atoms with Gasteiger partial charge in [0.2, 0.25) is 15.9 Å². The summed E-state index contributed by atoms with van der Waals surface area (Å²) in [6, 6.07) is 5.77. The van der Waals surface area contributed by atoms with Crippen molar-refractivity contribution in [2.24, 2.45) is 5.92 Å². The van der Waals surface area contributed by atoms with Gasteiger partial charge in [0.05, 0.1) is 16.4 Å². The Kier molecular flexibility index (Phi) is 6.67. The van der Waals surface area contributed by atoms with Crippen molar-refractivity contribution >= 4 is 21.6 Å². The molecule has 2 aromatic rings. The lowest BCUT2D eigenvalue weighted by Gasteiger charge is -2.32. The van der Waals surface area contributed by atoms with Crippen LogP contribution in [0.1, 0.15) is 35.1 Å². The first-order valence-electron chi connectivity index (χ1n) is 10.1. The zero-order valence-electron chi connectivity index (χ0n) is 17.9. The number of benzene rings is 2. The third-order valence-electron chi connectivity index (χ3n) is 5.50. The van der Waals surface area contributed by atoms with Gasteiger partial charge in [-0.25, -0.2) is 12.8 Å². The normalized spacial score (nSPS) is 17.9. The van der Waals surface area contributed by atoms with Gasteiger partial charge in [0.15, 0.2) is 0 Å². The largest absolute Gasteiger partial charge is 0.419 e. The maximum Gasteiger partial charge on any atom is 0.419 e. The number of anilines is 1. The predicted octanol–water partition coefficient (Wildman–Crippen LogP) is 4.81. The predicted molar refractivity (Wildman–Crippen MR) is 112 cm³/mol. The van der Waals surface area contributed by atoms with Gasteiger partial charge in [0.1, 0.15) is 5.82 Å². The minimum absolute atomic E-state index is 0.0890. The van der Waals surface area contributed by atoms with E-state index in [1.165, 1.54) is 4.31 Å². The monoisotopic (exact) mass is 472 g/mol. The number of alkyl halides is 3. The molecule has 10 heteroatoms. The van der Waals surface area contributed by atoms with Crippen molar-refractivity contribution in [3.05, 3.63) is 58.4 Å². The molecule has 0 saturated carbocycles. The summed E-state index contributed by atoms with van der Waals surface area (Å²) in [6.45, 7) is 5.46. The summed E-state index contributed by atoms with van der Waals surface area (Å²) in [5, 5.41) is 2.37. The van der Waals surface area contributed by atoms with Crippen molar-refractivity contribution < 1.29 is 30.8 Å². The standard InChI is InChI=1S/C22H24F4N2O3S/c1-13-9-14(2)20(15(3)10-13)32(30,31)28-8-4-5-16(12-28)21(29)27-17-6-7-19(23)18(11-17)22(24,25)26/h6-7,9-11,16H,4-5,8,12H2,1-3H3,(H,27,29)/t16-/m0/s1. The van der Waals surface area contributed by atoms with E-state index >= 15 is 0 Å². The molecule has 0 radical (unpaired) electrons. The number of rotatable bonds is 4. The second-order valence-electron chi connectivity index (χ2n) is 8.11. The first kappa shape index (κ1) is 24.2. The molecule has 174 valence electrons. The van der Waals surface area contributed by atoms with Crippen LogP contribution in [0, 0.1) is 32.5 Å². The quantitative estimate of drug-likeness (QED) is 0.650. The fourth-order valence-electron chi connectivity index (χ4n) is 4.14. The molecule has 1 aliphatic heterocycles. The van der Waals surface area contributed by atoms with Crippen LogP contribution in [0.2, 0.25) is 0 Å². The Hall–Kier alpha value is -2.46. The fraction of sp³-hybridized carbons (Fsp3) is 0.409. The number of nitrogens with zero attached hydrogens (tertiary/aromatic N) is 1. The Balaban J connectivity index is 1.80. The van der Waals surface area contributed by atoms with Gasteiger partial charge in [0.25, 0.3) is 0 Å². The molecule has 1 saturated heterocycles. The summed E-state index contributed by atoms with van der Waals surface area (Å²) in [5.41, 5.74) is 0.481. The molecular weight excluding hydrogens is 448 g/mol. The van der Waals surface area contributed by atoms with Crippen LogP contribution in [-0.4, -0.2) is 31.7 Å². The molecule has 0 bridgehead atoms. The number of amides is 1. The second kappa shape index (κ2) is 8.82. The SMILES string of the molecule is Cc1cc(C)c(S(=O)(=O)N2CCC[C@H](C(=O)Nc3ccc(F)c(C(F)(F)F)c3)C2)c(C)c1. The molecule has 2 aromatic carbocycles. The number of carbonyl (C=O) groups excluding carboxylic acids is 1. The number of halogens is 4. The van der Waals surface area contributed by atoms with E-state index in [1.54, 1.807) is 26.0 Å². The Bertz CT molecular complexity index is 1120. The zero-order valence-corrected chi connectivity index (χ0v) is 18.7. The number of nitrogens with one attached hydrogen (secondary N) is 1. The lowest BCUT2D eigenvalue weighted by Crippen LogP contribution is -2.44. The molecule has 0 aromatic heterocycles. The van der Waals surface area contributed by atoms with Gasteiger partial charge in [-0.2, -0.15) is 17.5 Å². The van der Waals surface area contributed by atoms with Gasteiger partial charge in [-0.1, -0.05) is 17.7 Å². The van der Waals surface area contributed by atoms with Crippen LogP contribution in [0.5, 0.6) is 0 Å². The van der Waals surface area contributed by atoms with E-state index in [0.717, 1.165) is 11.6 Å². The number of hydrogen-bond acceptors (Lipinski definition) is 3. The molecule has 1 heterocycles. The highest BCUT2D eigenvalue weighted by Gasteiger charge is 2.36. The van der Waals surface area contributed by atoms with Crippen molar-refractivity contribution in [1.82, 2.24) is 4.31 Å². The Labute approximate surface area is 184 Å². The summed E-state index contributed by atoms with van der Waals surface area (Å²) >= 11 is 0. The van der Waals surface area contributed by atoms with E-state index in [0.29, 0.717) is 36.1 Å². The number of sulfonamides is 1. The number of carbonyl (C=O) groups is 1. The molecule has 1 fully saturated rings. The lowest BCUT2D eigenvalue weighted by atomic mass is 9.98. The summed E-state index contributed by atoms with van der Waals surface area (Å²) < 4.78 is 80.1. The van der Waals surface area contributed by atoms with Crippen LogP contribution in [0.3, 0.4) is 0 Å². The van der Waals surface area contributed by atoms with Crippen molar-refractivity contribution in [2.75, 3.05) is 18.4 Å². The molecule has 0 unspecified atom stereocenters. The van der Waals surface area contributed by atoms with E-state index in [-0.39, 0.29) is 23.7 Å². The maximum atomic E-state index is 13.5. The Morgan fingerprint density at radius 1 is 1.09 bits per heavy atom. The topological polar surface area (TPSA) is 66.5 Å². The first-order valence-corrected chi connectivity index (χ1v) is 11.5. The van der Waals surface area contributed by atoms with E-state index in [1.807, 2.05) is 6.92 Å². The van der Waals surface area contributed by atoms with Crippen LogP contribution in [0.4, 0.5) is 23.2 Å². The van der Waals surface area contributed by atoms with Gasteiger partial charge in [-0.05, 0) is 62.9 Å². The van der Waals surface area contributed by atoms with E-state index in [9.17, 15) is 30.8 Å². The van der Waals surface area contributed by atoms with Gasteiger partial charge in [-0.3, -0.25) is 4.79 Å². The van der Waals surface area contributed by atoms with E-state index in [2.05, 4.69) is 5.32 Å². The molecule has 1 atom stereocenters. The molecule has 0 aliphatic carbocycles. The third-order valence-corrected chi connectivity index (χ3v) is 7.67. The molecule has 5 nitrogen and oxygen atoms in total. The number of aryl methyl sites for hydroxylation is 3. The van der Waals surface area contributed by atoms with Crippen molar-refractivity contribution in [2.45, 2.75) is 44.7 Å². The molecule has 1 N–H and O–H groups in total. The Morgan fingerprint density at radius 2 is 1.72 bits per heavy atom.